The number of ether oxygens (including phenoxy) is 3. The lowest BCUT2D eigenvalue weighted by atomic mass is 10.2. The Bertz CT molecular complexity index is 916. The third-order valence-corrected chi connectivity index (χ3v) is 3.97. The Balaban J connectivity index is 1.73. The molecule has 138 valence electrons. The van der Waals surface area contributed by atoms with Crippen LogP contribution in [0.1, 0.15) is 0 Å². The Morgan fingerprint density at radius 1 is 0.704 bits per heavy atom. The van der Waals surface area contributed by atoms with E-state index < -0.39 is 0 Å². The highest BCUT2D eigenvalue weighted by atomic mass is 32.1. The molecular weight excluding hydrogens is 360 g/mol. The average molecular weight is 380 g/mol. The predicted molar refractivity (Wildman–Crippen MR) is 112 cm³/mol. The second-order valence-corrected chi connectivity index (χ2v) is 5.96. The summed E-state index contributed by atoms with van der Waals surface area (Å²) in [5.74, 6) is 2.77. The third kappa shape index (κ3) is 4.89. The topological polar surface area (TPSA) is 51.8 Å². The number of thiocarbonyl (C=S) groups is 1. The quantitative estimate of drug-likeness (QED) is 0.566. The lowest BCUT2D eigenvalue weighted by molar-refractivity contribution is 0.395. The molecule has 5 nitrogen and oxygen atoms in total. The van der Waals surface area contributed by atoms with Gasteiger partial charge in [0.1, 0.15) is 17.2 Å². The van der Waals surface area contributed by atoms with Crippen molar-refractivity contribution in [1.29, 1.82) is 0 Å². The van der Waals surface area contributed by atoms with Gasteiger partial charge in [0.05, 0.1) is 25.6 Å². The number of nitrogens with one attached hydrogen (secondary N) is 2. The van der Waals surface area contributed by atoms with Crippen LogP contribution in [0.2, 0.25) is 0 Å². The highest BCUT2D eigenvalue weighted by Crippen LogP contribution is 2.31. The summed E-state index contributed by atoms with van der Waals surface area (Å²) in [5.41, 5.74) is 1.49. The molecule has 0 saturated heterocycles. The van der Waals surface area contributed by atoms with Gasteiger partial charge in [0.15, 0.2) is 10.9 Å². The van der Waals surface area contributed by atoms with Crippen molar-refractivity contribution < 1.29 is 14.2 Å². The first-order valence-electron chi connectivity index (χ1n) is 8.31. The first kappa shape index (κ1) is 18.5. The van der Waals surface area contributed by atoms with E-state index in [4.69, 9.17) is 26.4 Å². The van der Waals surface area contributed by atoms with Crippen LogP contribution >= 0.6 is 12.2 Å². The van der Waals surface area contributed by atoms with E-state index in [0.717, 1.165) is 17.1 Å². The van der Waals surface area contributed by atoms with Crippen molar-refractivity contribution in [3.05, 3.63) is 72.8 Å². The zero-order valence-electron chi connectivity index (χ0n) is 15.1. The summed E-state index contributed by atoms with van der Waals surface area (Å²) >= 11 is 5.45. The van der Waals surface area contributed by atoms with Crippen molar-refractivity contribution in [3.8, 4) is 23.0 Å². The highest BCUT2D eigenvalue weighted by molar-refractivity contribution is 7.80. The standard InChI is InChI=1S/C21H20N2O3S/c1-24-16-12-13-18(20(14-16)25-2)23-21(27)22-17-10-6-7-11-19(17)26-15-8-4-3-5-9-15/h3-14H,1-2H3,(H2,22,23,27). The Kier molecular flexibility index (Phi) is 6.12. The van der Waals surface area contributed by atoms with E-state index in [1.807, 2.05) is 66.7 Å². The minimum absolute atomic E-state index is 0.419. The van der Waals surface area contributed by atoms with Crippen LogP contribution in [-0.2, 0) is 0 Å². The zero-order valence-corrected chi connectivity index (χ0v) is 15.9. The first-order chi connectivity index (χ1) is 13.2. The lowest BCUT2D eigenvalue weighted by Crippen LogP contribution is -2.19. The fourth-order valence-electron chi connectivity index (χ4n) is 2.45. The molecule has 3 aromatic carbocycles. The van der Waals surface area contributed by atoms with Crippen molar-refractivity contribution in [2.24, 2.45) is 0 Å². The van der Waals surface area contributed by atoms with Gasteiger partial charge in [0.25, 0.3) is 0 Å². The minimum atomic E-state index is 0.419. The maximum Gasteiger partial charge on any atom is 0.175 e. The molecule has 0 amide bonds. The average Bonchev–Trinajstić information content (AvgIpc) is 2.70. The van der Waals surface area contributed by atoms with Gasteiger partial charge in [-0.15, -0.1) is 0 Å². The number of benzene rings is 3. The number of rotatable bonds is 6. The molecule has 0 spiro atoms. The molecule has 6 heteroatoms. The molecule has 0 heterocycles. The normalized spacial score (nSPS) is 10.0. The first-order valence-corrected chi connectivity index (χ1v) is 8.72. The second-order valence-electron chi connectivity index (χ2n) is 5.56. The van der Waals surface area contributed by atoms with Crippen LogP contribution in [0.5, 0.6) is 23.0 Å². The molecule has 2 N–H and O–H groups in total. The monoisotopic (exact) mass is 380 g/mol. The molecule has 0 aromatic heterocycles. The number of methoxy groups -OCH3 is 2. The maximum absolute atomic E-state index is 5.94. The van der Waals surface area contributed by atoms with E-state index in [0.29, 0.717) is 22.4 Å². The van der Waals surface area contributed by atoms with Crippen LogP contribution in [0.15, 0.2) is 72.8 Å². The largest absolute Gasteiger partial charge is 0.497 e. The molecule has 27 heavy (non-hydrogen) atoms. The summed E-state index contributed by atoms with van der Waals surface area (Å²) in [5, 5.41) is 6.72. The highest BCUT2D eigenvalue weighted by Gasteiger charge is 2.09. The molecule has 3 aromatic rings. The maximum atomic E-state index is 5.94. The Labute approximate surface area is 163 Å². The van der Waals surface area contributed by atoms with E-state index in [2.05, 4.69) is 10.6 Å². The molecule has 0 radical (unpaired) electrons. The Morgan fingerprint density at radius 3 is 2.07 bits per heavy atom. The fourth-order valence-corrected chi connectivity index (χ4v) is 2.67. The van der Waals surface area contributed by atoms with E-state index >= 15 is 0 Å². The van der Waals surface area contributed by atoms with Gasteiger partial charge >= 0.3 is 0 Å². The number of anilines is 2. The van der Waals surface area contributed by atoms with Gasteiger partial charge in [-0.05, 0) is 48.6 Å². The van der Waals surface area contributed by atoms with E-state index in [9.17, 15) is 0 Å². The summed E-state index contributed by atoms with van der Waals surface area (Å²) < 4.78 is 16.5. The molecule has 0 unspecified atom stereocenters. The van der Waals surface area contributed by atoms with Gasteiger partial charge in [-0.25, -0.2) is 0 Å². The minimum Gasteiger partial charge on any atom is -0.497 e. The summed E-state index contributed by atoms with van der Waals surface area (Å²) in [4.78, 5) is 0. The molecule has 0 aliphatic carbocycles. The van der Waals surface area contributed by atoms with Crippen LogP contribution in [0.3, 0.4) is 0 Å². The van der Waals surface area contributed by atoms with Gasteiger partial charge in [0, 0.05) is 6.07 Å². The molecule has 3 rings (SSSR count). The van der Waals surface area contributed by atoms with Gasteiger partial charge < -0.3 is 24.8 Å². The smallest absolute Gasteiger partial charge is 0.175 e. The third-order valence-electron chi connectivity index (χ3n) is 3.76. The van der Waals surface area contributed by atoms with Crippen molar-refractivity contribution in [2.45, 2.75) is 0 Å². The summed E-state index contributed by atoms with van der Waals surface area (Å²) in [6.45, 7) is 0. The lowest BCUT2D eigenvalue weighted by Gasteiger charge is -2.16. The van der Waals surface area contributed by atoms with Crippen molar-refractivity contribution in [3.63, 3.8) is 0 Å². The number of hydrogen-bond acceptors (Lipinski definition) is 4. The molecule has 0 bridgehead atoms. The Hall–Kier alpha value is -3.25. The van der Waals surface area contributed by atoms with E-state index in [1.54, 1.807) is 20.3 Å². The van der Waals surface area contributed by atoms with Crippen molar-refractivity contribution >= 4 is 28.7 Å². The van der Waals surface area contributed by atoms with Crippen LogP contribution in [0.4, 0.5) is 11.4 Å². The van der Waals surface area contributed by atoms with Gasteiger partial charge in [-0.1, -0.05) is 30.3 Å². The summed E-state index contributed by atoms with van der Waals surface area (Å²) in [6.07, 6.45) is 0. The molecule has 0 aliphatic rings. The zero-order chi connectivity index (χ0) is 19.1. The molecule has 0 atom stereocenters. The molecule has 0 saturated carbocycles. The summed E-state index contributed by atoms with van der Waals surface area (Å²) in [7, 11) is 3.21. The van der Waals surface area contributed by atoms with Gasteiger partial charge in [-0.3, -0.25) is 0 Å². The Morgan fingerprint density at radius 2 is 1.37 bits per heavy atom. The number of para-hydroxylation sites is 3. The van der Waals surface area contributed by atoms with E-state index in [1.165, 1.54) is 0 Å². The van der Waals surface area contributed by atoms with Gasteiger partial charge in [0.2, 0.25) is 0 Å². The SMILES string of the molecule is COc1ccc(NC(=S)Nc2ccccc2Oc2ccccc2)c(OC)c1. The molecule has 0 fully saturated rings. The van der Waals surface area contributed by atoms with Crippen LogP contribution < -0.4 is 24.8 Å². The fraction of sp³-hybridized carbons (Fsp3) is 0.0952. The predicted octanol–water partition coefficient (Wildman–Crippen LogP) is 5.31. The molecular formula is C21H20N2O3S. The van der Waals surface area contributed by atoms with E-state index in [-0.39, 0.29) is 0 Å². The summed E-state index contributed by atoms with van der Waals surface area (Å²) in [6, 6.07) is 22.7. The van der Waals surface area contributed by atoms with Crippen molar-refractivity contribution in [1.82, 2.24) is 0 Å². The van der Waals surface area contributed by atoms with Crippen LogP contribution in [-0.4, -0.2) is 19.3 Å². The molecule has 0 aliphatic heterocycles. The van der Waals surface area contributed by atoms with Crippen molar-refractivity contribution in [2.75, 3.05) is 24.9 Å². The van der Waals surface area contributed by atoms with Gasteiger partial charge in [-0.2, -0.15) is 0 Å². The number of hydrogen-bond donors (Lipinski definition) is 2. The van der Waals surface area contributed by atoms with Crippen LogP contribution in [0.25, 0.3) is 0 Å². The van der Waals surface area contributed by atoms with Crippen LogP contribution in [0, 0.1) is 0 Å². The second kappa shape index (κ2) is 8.91.